The van der Waals surface area contributed by atoms with Crippen LogP contribution in [0.1, 0.15) is 25.7 Å². The molecule has 7 heteroatoms. The highest BCUT2D eigenvalue weighted by atomic mass is 35.5. The summed E-state index contributed by atoms with van der Waals surface area (Å²) in [6.45, 7) is 0.492. The molecule has 1 N–H and O–H groups in total. The fraction of sp³-hybridized carbons (Fsp3) is 0.500. The van der Waals surface area contributed by atoms with Gasteiger partial charge >= 0.3 is 0 Å². The monoisotopic (exact) mass is 326 g/mol. The second kappa shape index (κ2) is 7.94. The summed E-state index contributed by atoms with van der Waals surface area (Å²) in [7, 11) is -3.83. The lowest BCUT2D eigenvalue weighted by atomic mass is 10.2. The Labute approximate surface area is 123 Å². The summed E-state index contributed by atoms with van der Waals surface area (Å²) in [6, 6.07) is 5.01. The molecule has 1 aromatic rings. The van der Waals surface area contributed by atoms with Gasteiger partial charge in [-0.3, -0.25) is 4.55 Å². The molecule has 1 aromatic carbocycles. The van der Waals surface area contributed by atoms with Crippen LogP contribution >= 0.6 is 23.2 Å². The number of hydrogen-bond acceptors (Lipinski definition) is 3. The maximum Gasteiger partial charge on any atom is 0.264 e. The Balaban J connectivity index is 2.16. The summed E-state index contributed by atoms with van der Waals surface area (Å²) in [5.41, 5.74) is 0. The van der Waals surface area contributed by atoms with Crippen LogP contribution < -0.4 is 4.74 Å². The van der Waals surface area contributed by atoms with E-state index in [9.17, 15) is 8.42 Å². The van der Waals surface area contributed by atoms with Crippen molar-refractivity contribution in [3.05, 3.63) is 28.2 Å². The predicted molar refractivity (Wildman–Crippen MR) is 76.8 cm³/mol. The fourth-order valence-corrected chi connectivity index (χ4v) is 2.41. The second-order valence-corrected chi connectivity index (χ2v) is 6.54. The van der Waals surface area contributed by atoms with Crippen molar-refractivity contribution in [2.75, 3.05) is 12.4 Å². The standard InChI is InChI=1S/C12H16Cl2O4S/c13-10-5-6-11(14)12(9-10)18-7-3-1-2-4-8-19(15,16)17/h5-6,9H,1-4,7-8H2,(H,15,16,17). The van der Waals surface area contributed by atoms with Gasteiger partial charge in [-0.1, -0.05) is 36.0 Å². The molecule has 0 heterocycles. The summed E-state index contributed by atoms with van der Waals surface area (Å²) in [5, 5.41) is 1.07. The number of ether oxygens (including phenoxy) is 1. The van der Waals surface area contributed by atoms with Gasteiger partial charge in [-0.15, -0.1) is 0 Å². The van der Waals surface area contributed by atoms with E-state index < -0.39 is 10.1 Å². The van der Waals surface area contributed by atoms with E-state index >= 15 is 0 Å². The number of unbranched alkanes of at least 4 members (excludes halogenated alkanes) is 3. The summed E-state index contributed by atoms with van der Waals surface area (Å²) >= 11 is 11.8. The molecule has 108 valence electrons. The van der Waals surface area contributed by atoms with Crippen LogP contribution in [-0.2, 0) is 10.1 Å². The minimum Gasteiger partial charge on any atom is -0.492 e. The molecule has 0 aliphatic rings. The fourth-order valence-electron chi connectivity index (χ4n) is 1.51. The lowest BCUT2D eigenvalue weighted by Gasteiger charge is -2.08. The third kappa shape index (κ3) is 7.62. The van der Waals surface area contributed by atoms with E-state index in [1.807, 2.05) is 0 Å². The topological polar surface area (TPSA) is 63.6 Å². The predicted octanol–water partition coefficient (Wildman–Crippen LogP) is 3.82. The van der Waals surface area contributed by atoms with Crippen molar-refractivity contribution in [1.29, 1.82) is 0 Å². The molecule has 0 amide bonds. The highest BCUT2D eigenvalue weighted by Crippen LogP contribution is 2.27. The summed E-state index contributed by atoms with van der Waals surface area (Å²) < 4.78 is 35.0. The van der Waals surface area contributed by atoms with Crippen LogP contribution in [0.25, 0.3) is 0 Å². The van der Waals surface area contributed by atoms with Crippen molar-refractivity contribution < 1.29 is 17.7 Å². The van der Waals surface area contributed by atoms with Gasteiger partial charge in [0.15, 0.2) is 0 Å². The van der Waals surface area contributed by atoms with E-state index in [1.165, 1.54) is 0 Å². The first kappa shape index (κ1) is 16.6. The van der Waals surface area contributed by atoms with Gasteiger partial charge in [0.2, 0.25) is 0 Å². The van der Waals surface area contributed by atoms with Crippen molar-refractivity contribution >= 4 is 33.3 Å². The first-order valence-corrected chi connectivity index (χ1v) is 8.28. The molecular formula is C12H16Cl2O4S. The van der Waals surface area contributed by atoms with Crippen LogP contribution in [0, 0.1) is 0 Å². The zero-order valence-corrected chi connectivity index (χ0v) is 12.6. The van der Waals surface area contributed by atoms with Crippen LogP contribution in [-0.4, -0.2) is 25.3 Å². The van der Waals surface area contributed by atoms with Gasteiger partial charge in [-0.25, -0.2) is 0 Å². The summed E-state index contributed by atoms with van der Waals surface area (Å²) in [4.78, 5) is 0. The normalized spacial score (nSPS) is 11.5. The van der Waals surface area contributed by atoms with Crippen molar-refractivity contribution in [3.63, 3.8) is 0 Å². The van der Waals surface area contributed by atoms with Gasteiger partial charge in [0.1, 0.15) is 5.75 Å². The zero-order valence-electron chi connectivity index (χ0n) is 10.3. The first-order chi connectivity index (χ1) is 8.88. The van der Waals surface area contributed by atoms with E-state index in [0.29, 0.717) is 28.8 Å². The van der Waals surface area contributed by atoms with Crippen molar-refractivity contribution in [3.8, 4) is 5.75 Å². The van der Waals surface area contributed by atoms with E-state index in [1.54, 1.807) is 18.2 Å². The van der Waals surface area contributed by atoms with Crippen molar-refractivity contribution in [2.24, 2.45) is 0 Å². The average molecular weight is 327 g/mol. The Morgan fingerprint density at radius 2 is 1.79 bits per heavy atom. The lowest BCUT2D eigenvalue weighted by molar-refractivity contribution is 0.305. The first-order valence-electron chi connectivity index (χ1n) is 5.91. The third-order valence-electron chi connectivity index (χ3n) is 2.45. The average Bonchev–Trinajstić information content (AvgIpc) is 2.31. The molecule has 1 rings (SSSR count). The number of rotatable bonds is 8. The van der Waals surface area contributed by atoms with Gasteiger partial charge in [-0.05, 0) is 25.0 Å². The molecule has 0 saturated heterocycles. The Hall–Kier alpha value is -0.490. The maximum absolute atomic E-state index is 10.5. The second-order valence-electron chi connectivity index (χ2n) is 4.12. The van der Waals surface area contributed by atoms with Gasteiger partial charge < -0.3 is 4.74 Å². The van der Waals surface area contributed by atoms with Gasteiger partial charge in [0.05, 0.1) is 17.4 Å². The molecule has 0 atom stereocenters. The molecule has 4 nitrogen and oxygen atoms in total. The molecule has 0 bridgehead atoms. The number of benzene rings is 1. The van der Waals surface area contributed by atoms with E-state index in [4.69, 9.17) is 32.5 Å². The van der Waals surface area contributed by atoms with Crippen LogP contribution in [0.4, 0.5) is 0 Å². The Kier molecular flexibility index (Phi) is 6.93. The molecule has 0 unspecified atom stereocenters. The molecule has 0 fully saturated rings. The highest BCUT2D eigenvalue weighted by Gasteiger charge is 2.04. The molecule has 19 heavy (non-hydrogen) atoms. The van der Waals surface area contributed by atoms with E-state index in [-0.39, 0.29) is 5.75 Å². The quantitative estimate of drug-likeness (QED) is 0.582. The van der Waals surface area contributed by atoms with Gasteiger partial charge in [0, 0.05) is 11.1 Å². The van der Waals surface area contributed by atoms with E-state index in [2.05, 4.69) is 0 Å². The largest absolute Gasteiger partial charge is 0.492 e. The van der Waals surface area contributed by atoms with Crippen LogP contribution in [0.5, 0.6) is 5.75 Å². The maximum atomic E-state index is 10.5. The van der Waals surface area contributed by atoms with Gasteiger partial charge in [0.25, 0.3) is 10.1 Å². The van der Waals surface area contributed by atoms with Crippen molar-refractivity contribution in [2.45, 2.75) is 25.7 Å². The van der Waals surface area contributed by atoms with Crippen molar-refractivity contribution in [1.82, 2.24) is 0 Å². The minimum atomic E-state index is -3.83. The van der Waals surface area contributed by atoms with Crippen LogP contribution in [0.15, 0.2) is 18.2 Å². The van der Waals surface area contributed by atoms with E-state index in [0.717, 1.165) is 19.3 Å². The molecule has 0 radical (unpaired) electrons. The zero-order chi connectivity index (χ0) is 14.3. The number of hydrogen-bond donors (Lipinski definition) is 1. The summed E-state index contributed by atoms with van der Waals surface area (Å²) in [5.74, 6) is 0.362. The lowest BCUT2D eigenvalue weighted by Crippen LogP contribution is -2.04. The summed E-state index contributed by atoms with van der Waals surface area (Å²) in [6.07, 6.45) is 2.80. The number of halogens is 2. The molecule has 0 spiro atoms. The molecular weight excluding hydrogens is 311 g/mol. The Morgan fingerprint density at radius 3 is 2.47 bits per heavy atom. The van der Waals surface area contributed by atoms with Gasteiger partial charge in [-0.2, -0.15) is 8.42 Å². The SMILES string of the molecule is O=S(=O)(O)CCCCCCOc1cc(Cl)ccc1Cl. The van der Waals surface area contributed by atoms with Crippen LogP contribution in [0.2, 0.25) is 10.0 Å². The van der Waals surface area contributed by atoms with Crippen LogP contribution in [0.3, 0.4) is 0 Å². The Bertz CT molecular complexity index is 502. The molecule has 0 saturated carbocycles. The third-order valence-corrected chi connectivity index (χ3v) is 3.80. The molecule has 0 aromatic heterocycles. The minimum absolute atomic E-state index is 0.187. The highest BCUT2D eigenvalue weighted by molar-refractivity contribution is 7.85. The smallest absolute Gasteiger partial charge is 0.264 e. The Morgan fingerprint density at radius 1 is 1.11 bits per heavy atom. The molecule has 0 aliphatic carbocycles. The molecule has 0 aliphatic heterocycles.